The number of thioether (sulfide) groups is 1. The summed E-state index contributed by atoms with van der Waals surface area (Å²) in [7, 11) is -3.11. The first-order valence-electron chi connectivity index (χ1n) is 5.73. The summed E-state index contributed by atoms with van der Waals surface area (Å²) in [6.07, 6.45) is 4.08. The summed E-state index contributed by atoms with van der Waals surface area (Å²) < 4.78 is 26.4. The monoisotopic (exact) mass is 266 g/mol. The van der Waals surface area contributed by atoms with Gasteiger partial charge in [-0.3, -0.25) is 0 Å². The summed E-state index contributed by atoms with van der Waals surface area (Å²) in [4.78, 5) is 0. The Bertz CT molecular complexity index is 287. The highest BCUT2D eigenvalue weighted by atomic mass is 32.2. The van der Waals surface area contributed by atoms with Crippen molar-refractivity contribution >= 4 is 21.8 Å². The van der Waals surface area contributed by atoms with E-state index in [1.807, 2.05) is 13.2 Å². The molecule has 0 radical (unpaired) electrons. The Hall–Kier alpha value is 0.220. The molecule has 1 fully saturated rings. The van der Waals surface area contributed by atoms with Crippen molar-refractivity contribution in [1.29, 1.82) is 0 Å². The Kier molecular flexibility index (Phi) is 6.10. The largest absolute Gasteiger partial charge is 0.316 e. The van der Waals surface area contributed by atoms with Crippen LogP contribution >= 0.6 is 11.8 Å². The Morgan fingerprint density at radius 1 is 1.56 bits per heavy atom. The van der Waals surface area contributed by atoms with Crippen molar-refractivity contribution in [2.75, 3.05) is 30.9 Å². The van der Waals surface area contributed by atoms with Crippen molar-refractivity contribution in [3.63, 3.8) is 0 Å². The Morgan fingerprint density at radius 2 is 2.31 bits per heavy atom. The highest BCUT2D eigenvalue weighted by Gasteiger charge is 2.22. The molecule has 6 heteroatoms. The van der Waals surface area contributed by atoms with Crippen LogP contribution in [0, 0.1) is 5.92 Å². The molecule has 0 saturated carbocycles. The molecule has 2 atom stereocenters. The van der Waals surface area contributed by atoms with E-state index in [9.17, 15) is 8.42 Å². The van der Waals surface area contributed by atoms with Crippen LogP contribution in [0.4, 0.5) is 0 Å². The lowest BCUT2D eigenvalue weighted by Crippen LogP contribution is -2.41. The van der Waals surface area contributed by atoms with Gasteiger partial charge in [-0.1, -0.05) is 0 Å². The molecule has 1 aliphatic rings. The maximum atomic E-state index is 11.8. The van der Waals surface area contributed by atoms with Gasteiger partial charge in [0.2, 0.25) is 10.0 Å². The van der Waals surface area contributed by atoms with Gasteiger partial charge in [0, 0.05) is 11.8 Å². The minimum atomic E-state index is -3.11. The van der Waals surface area contributed by atoms with E-state index in [4.69, 9.17) is 0 Å². The van der Waals surface area contributed by atoms with Crippen LogP contribution in [0.2, 0.25) is 0 Å². The zero-order valence-corrected chi connectivity index (χ0v) is 11.7. The molecule has 0 amide bonds. The fraction of sp³-hybridized carbons (Fsp3) is 1.00. The molecule has 1 aliphatic heterocycles. The third-order valence-corrected chi connectivity index (χ3v) is 5.16. The molecule has 1 heterocycles. The van der Waals surface area contributed by atoms with Crippen LogP contribution in [0.5, 0.6) is 0 Å². The van der Waals surface area contributed by atoms with Crippen LogP contribution in [-0.2, 0) is 10.0 Å². The summed E-state index contributed by atoms with van der Waals surface area (Å²) in [5.74, 6) is 1.36. The summed E-state index contributed by atoms with van der Waals surface area (Å²) in [6.45, 7) is 3.76. The van der Waals surface area contributed by atoms with Crippen LogP contribution in [0.15, 0.2) is 0 Å². The molecule has 1 saturated heterocycles. The second-order valence-corrected chi connectivity index (χ2v) is 7.18. The standard InChI is InChI=1S/C10H22N2O2S2/c1-9(7-15-2)12-16(13,14)8-10-4-3-5-11-6-10/h9-12H,3-8H2,1-2H3. The van der Waals surface area contributed by atoms with Crippen LogP contribution in [0.25, 0.3) is 0 Å². The van der Waals surface area contributed by atoms with Gasteiger partial charge in [-0.25, -0.2) is 13.1 Å². The minimum Gasteiger partial charge on any atom is -0.316 e. The summed E-state index contributed by atoms with van der Waals surface area (Å²) in [6, 6.07) is 0.0246. The molecule has 2 unspecified atom stereocenters. The zero-order valence-electron chi connectivity index (χ0n) is 10.0. The zero-order chi connectivity index (χ0) is 12.0. The van der Waals surface area contributed by atoms with Crippen molar-refractivity contribution in [2.24, 2.45) is 5.92 Å². The molecular formula is C10H22N2O2S2. The van der Waals surface area contributed by atoms with Gasteiger partial charge < -0.3 is 5.32 Å². The molecular weight excluding hydrogens is 244 g/mol. The average Bonchev–Trinajstić information content (AvgIpc) is 2.17. The average molecular weight is 266 g/mol. The normalized spacial score (nSPS) is 24.2. The minimum absolute atomic E-state index is 0.0246. The summed E-state index contributed by atoms with van der Waals surface area (Å²) in [5, 5.41) is 3.24. The van der Waals surface area contributed by atoms with E-state index >= 15 is 0 Å². The first-order valence-corrected chi connectivity index (χ1v) is 8.78. The molecule has 16 heavy (non-hydrogen) atoms. The van der Waals surface area contributed by atoms with Crippen molar-refractivity contribution < 1.29 is 8.42 Å². The van der Waals surface area contributed by atoms with Crippen LogP contribution < -0.4 is 10.0 Å². The first-order chi connectivity index (χ1) is 7.53. The topological polar surface area (TPSA) is 58.2 Å². The third kappa shape index (κ3) is 5.52. The number of hydrogen-bond donors (Lipinski definition) is 2. The molecule has 96 valence electrons. The van der Waals surface area contributed by atoms with Crippen molar-refractivity contribution in [3.8, 4) is 0 Å². The van der Waals surface area contributed by atoms with Crippen molar-refractivity contribution in [1.82, 2.24) is 10.0 Å². The van der Waals surface area contributed by atoms with Gasteiger partial charge in [0.25, 0.3) is 0 Å². The fourth-order valence-corrected chi connectivity index (χ4v) is 4.40. The SMILES string of the molecule is CSCC(C)NS(=O)(=O)CC1CCCNC1. The quantitative estimate of drug-likeness (QED) is 0.741. The van der Waals surface area contributed by atoms with Gasteiger partial charge in [-0.2, -0.15) is 11.8 Å². The highest BCUT2D eigenvalue weighted by molar-refractivity contribution is 7.98. The van der Waals surface area contributed by atoms with Crippen LogP contribution in [0.3, 0.4) is 0 Å². The number of rotatable bonds is 6. The molecule has 1 rings (SSSR count). The summed E-state index contributed by atoms with van der Waals surface area (Å²) >= 11 is 1.66. The number of hydrogen-bond acceptors (Lipinski definition) is 4. The van der Waals surface area contributed by atoms with E-state index in [2.05, 4.69) is 10.0 Å². The maximum absolute atomic E-state index is 11.8. The maximum Gasteiger partial charge on any atom is 0.212 e. The molecule has 0 spiro atoms. The lowest BCUT2D eigenvalue weighted by molar-refractivity contribution is 0.402. The van der Waals surface area contributed by atoms with Gasteiger partial charge in [-0.05, 0) is 45.0 Å². The van der Waals surface area contributed by atoms with Gasteiger partial charge in [-0.15, -0.1) is 0 Å². The fourth-order valence-electron chi connectivity index (χ4n) is 2.02. The Balaban J connectivity index is 2.38. The number of nitrogens with one attached hydrogen (secondary N) is 2. The van der Waals surface area contributed by atoms with E-state index in [1.165, 1.54) is 0 Å². The molecule has 0 aromatic carbocycles. The van der Waals surface area contributed by atoms with E-state index in [0.29, 0.717) is 0 Å². The third-order valence-electron chi connectivity index (χ3n) is 2.65. The van der Waals surface area contributed by atoms with Gasteiger partial charge in [0.15, 0.2) is 0 Å². The lowest BCUT2D eigenvalue weighted by atomic mass is 10.0. The van der Waals surface area contributed by atoms with Gasteiger partial charge in [0.05, 0.1) is 5.75 Å². The predicted molar refractivity (Wildman–Crippen MR) is 70.4 cm³/mol. The Morgan fingerprint density at radius 3 is 2.88 bits per heavy atom. The van der Waals surface area contributed by atoms with Crippen LogP contribution in [-0.4, -0.2) is 45.3 Å². The summed E-state index contributed by atoms with van der Waals surface area (Å²) in [5.41, 5.74) is 0. The van der Waals surface area contributed by atoms with E-state index in [1.54, 1.807) is 11.8 Å². The molecule has 2 N–H and O–H groups in total. The smallest absolute Gasteiger partial charge is 0.212 e. The second-order valence-electron chi connectivity index (χ2n) is 4.47. The Labute approximate surface area is 103 Å². The molecule has 0 aliphatic carbocycles. The number of sulfonamides is 1. The van der Waals surface area contributed by atoms with Crippen LogP contribution in [0.1, 0.15) is 19.8 Å². The van der Waals surface area contributed by atoms with Gasteiger partial charge in [0.1, 0.15) is 0 Å². The van der Waals surface area contributed by atoms with E-state index in [-0.39, 0.29) is 17.7 Å². The van der Waals surface area contributed by atoms with Gasteiger partial charge >= 0.3 is 0 Å². The first kappa shape index (κ1) is 14.3. The molecule has 0 aromatic heterocycles. The van der Waals surface area contributed by atoms with E-state index < -0.39 is 10.0 Å². The predicted octanol–water partition coefficient (Wildman–Crippen LogP) is 0.657. The highest BCUT2D eigenvalue weighted by Crippen LogP contribution is 2.12. The van der Waals surface area contributed by atoms with E-state index in [0.717, 1.165) is 31.7 Å². The van der Waals surface area contributed by atoms with Crippen molar-refractivity contribution in [3.05, 3.63) is 0 Å². The van der Waals surface area contributed by atoms with Crippen molar-refractivity contribution in [2.45, 2.75) is 25.8 Å². The molecule has 0 aromatic rings. The second kappa shape index (κ2) is 6.83. The molecule has 4 nitrogen and oxygen atoms in total. The lowest BCUT2D eigenvalue weighted by Gasteiger charge is -2.23. The molecule has 0 bridgehead atoms. The number of piperidine rings is 1.